The second-order valence-electron chi connectivity index (χ2n) is 7.03. The zero-order valence-electron chi connectivity index (χ0n) is 17.9. The van der Waals surface area contributed by atoms with E-state index in [1.165, 1.54) is 25.3 Å². The Morgan fingerprint density at radius 1 is 0.886 bits per heavy atom. The Hall–Kier alpha value is -4.71. The number of para-hydroxylation sites is 1. The third-order valence-electron chi connectivity index (χ3n) is 4.86. The Morgan fingerprint density at radius 2 is 1.60 bits per heavy atom. The first-order valence-electron chi connectivity index (χ1n) is 9.90. The molecule has 1 heterocycles. The lowest BCUT2D eigenvalue weighted by atomic mass is 10.1. The molecule has 3 aromatic rings. The molecule has 0 saturated carbocycles. The van der Waals surface area contributed by atoms with Gasteiger partial charge in [0.2, 0.25) is 5.75 Å². The first kappa shape index (κ1) is 23.4. The molecule has 12 heteroatoms. The number of nitro benzene ring substituents is 2. The van der Waals surface area contributed by atoms with E-state index in [0.29, 0.717) is 11.3 Å². The van der Waals surface area contributed by atoms with Crippen LogP contribution >= 0.6 is 11.8 Å². The minimum absolute atomic E-state index is 0.0699. The molecule has 176 valence electrons. The number of hydrogen-bond donors (Lipinski definition) is 0. The minimum atomic E-state index is -0.793. The van der Waals surface area contributed by atoms with Crippen molar-refractivity contribution in [3.63, 3.8) is 0 Å². The fourth-order valence-corrected chi connectivity index (χ4v) is 4.09. The Balaban J connectivity index is 1.67. The number of anilines is 1. The van der Waals surface area contributed by atoms with Crippen molar-refractivity contribution in [2.75, 3.05) is 12.0 Å². The number of carbonyl (C=O) groups is 2. The smallest absolute Gasteiger partial charge is 0.318 e. The number of nitro groups is 2. The van der Waals surface area contributed by atoms with Crippen LogP contribution in [0.15, 0.2) is 71.6 Å². The number of non-ortho nitro benzene ring substituents is 1. The summed E-state index contributed by atoms with van der Waals surface area (Å²) >= 11 is 0.775. The molecule has 1 aliphatic rings. The number of amides is 2. The number of hydrogen-bond acceptors (Lipinski definition) is 9. The largest absolute Gasteiger partial charge is 0.493 e. The summed E-state index contributed by atoms with van der Waals surface area (Å²) in [7, 11) is 1.37. The molecular weight excluding hydrogens is 478 g/mol. The summed E-state index contributed by atoms with van der Waals surface area (Å²) in [5.74, 6) is -0.427. The van der Waals surface area contributed by atoms with E-state index in [4.69, 9.17) is 9.47 Å². The highest BCUT2D eigenvalue weighted by Gasteiger charge is 2.36. The molecule has 0 radical (unpaired) electrons. The summed E-state index contributed by atoms with van der Waals surface area (Å²) in [6.45, 7) is 0. The molecule has 2 amide bonds. The number of carbonyl (C=O) groups excluding carboxylic acids is 2. The molecule has 0 aromatic heterocycles. The van der Waals surface area contributed by atoms with Crippen LogP contribution in [-0.4, -0.2) is 28.1 Å². The van der Waals surface area contributed by atoms with Crippen LogP contribution in [0.4, 0.5) is 21.9 Å². The summed E-state index contributed by atoms with van der Waals surface area (Å²) in [4.78, 5) is 47.4. The molecule has 11 nitrogen and oxygen atoms in total. The van der Waals surface area contributed by atoms with Crippen molar-refractivity contribution in [1.82, 2.24) is 0 Å². The molecular formula is C23H15N3O8S. The molecule has 0 aliphatic carbocycles. The quantitative estimate of drug-likeness (QED) is 0.235. The van der Waals surface area contributed by atoms with Gasteiger partial charge in [0, 0.05) is 6.07 Å². The zero-order valence-corrected chi connectivity index (χ0v) is 18.8. The van der Waals surface area contributed by atoms with E-state index in [9.17, 15) is 29.8 Å². The number of methoxy groups -OCH3 is 1. The predicted molar refractivity (Wildman–Crippen MR) is 128 cm³/mol. The Bertz CT molecular complexity index is 1390. The fraction of sp³-hybridized carbons (Fsp3) is 0.0435. The predicted octanol–water partition coefficient (Wildman–Crippen LogP) is 5.54. The van der Waals surface area contributed by atoms with Crippen molar-refractivity contribution in [1.29, 1.82) is 0 Å². The molecule has 35 heavy (non-hydrogen) atoms. The van der Waals surface area contributed by atoms with Crippen molar-refractivity contribution in [2.45, 2.75) is 0 Å². The van der Waals surface area contributed by atoms with E-state index >= 15 is 0 Å². The molecule has 0 spiro atoms. The summed E-state index contributed by atoms with van der Waals surface area (Å²) in [6, 6.07) is 16.1. The lowest BCUT2D eigenvalue weighted by Crippen LogP contribution is -2.27. The number of rotatable bonds is 7. The number of thioether (sulfide) groups is 1. The maximum atomic E-state index is 12.9. The second kappa shape index (κ2) is 9.65. The van der Waals surface area contributed by atoms with Crippen molar-refractivity contribution >= 4 is 46.0 Å². The van der Waals surface area contributed by atoms with Crippen LogP contribution in [0.25, 0.3) is 6.08 Å². The van der Waals surface area contributed by atoms with Gasteiger partial charge >= 0.3 is 5.69 Å². The molecule has 0 N–H and O–H groups in total. The highest BCUT2D eigenvalue weighted by atomic mass is 32.2. The van der Waals surface area contributed by atoms with Crippen LogP contribution in [0.3, 0.4) is 0 Å². The average Bonchev–Trinajstić information content (AvgIpc) is 3.12. The second-order valence-corrected chi connectivity index (χ2v) is 8.02. The highest BCUT2D eigenvalue weighted by molar-refractivity contribution is 8.19. The molecule has 0 atom stereocenters. The standard InChI is InChI=1S/C23H15N3O8S/c1-33-19-9-7-14(12-21-22(27)24(23(28)35-21)15-5-3-2-4-6-15)11-20(19)34-18-10-8-16(25(29)30)13-17(18)26(31)32/h2-13H,1H3/b21-12-. The molecule has 3 aromatic carbocycles. The number of benzene rings is 3. The van der Waals surface area contributed by atoms with Crippen LogP contribution in [0.5, 0.6) is 17.2 Å². The van der Waals surface area contributed by atoms with E-state index in [0.717, 1.165) is 34.9 Å². The maximum absolute atomic E-state index is 12.9. The van der Waals surface area contributed by atoms with E-state index < -0.39 is 32.4 Å². The lowest BCUT2D eigenvalue weighted by Gasteiger charge is -2.12. The van der Waals surface area contributed by atoms with Gasteiger partial charge in [0.25, 0.3) is 16.8 Å². The highest BCUT2D eigenvalue weighted by Crippen LogP contribution is 2.40. The third-order valence-corrected chi connectivity index (χ3v) is 5.73. The van der Waals surface area contributed by atoms with Crippen LogP contribution in [0.2, 0.25) is 0 Å². The first-order valence-corrected chi connectivity index (χ1v) is 10.7. The normalized spacial score (nSPS) is 14.3. The van der Waals surface area contributed by atoms with Crippen LogP contribution in [0.1, 0.15) is 5.56 Å². The van der Waals surface area contributed by atoms with Gasteiger partial charge in [-0.1, -0.05) is 24.3 Å². The van der Waals surface area contributed by atoms with Crippen LogP contribution < -0.4 is 14.4 Å². The maximum Gasteiger partial charge on any atom is 0.318 e. The molecule has 0 unspecified atom stereocenters. The van der Waals surface area contributed by atoms with Crippen molar-refractivity contribution < 1.29 is 28.9 Å². The van der Waals surface area contributed by atoms with Crippen LogP contribution in [0, 0.1) is 20.2 Å². The third kappa shape index (κ3) is 4.82. The number of imide groups is 1. The molecule has 1 fully saturated rings. The summed E-state index contributed by atoms with van der Waals surface area (Å²) in [5.41, 5.74) is -0.152. The van der Waals surface area contributed by atoms with E-state index in [2.05, 4.69) is 0 Å². The van der Waals surface area contributed by atoms with Gasteiger partial charge in [0.15, 0.2) is 11.5 Å². The molecule has 1 aliphatic heterocycles. The van der Waals surface area contributed by atoms with Crippen molar-refractivity contribution in [2.24, 2.45) is 0 Å². The van der Waals surface area contributed by atoms with Gasteiger partial charge < -0.3 is 9.47 Å². The molecule has 4 rings (SSSR count). The Morgan fingerprint density at radius 3 is 2.26 bits per heavy atom. The van der Waals surface area contributed by atoms with Gasteiger partial charge in [-0.3, -0.25) is 29.8 Å². The zero-order chi connectivity index (χ0) is 25.1. The van der Waals surface area contributed by atoms with Crippen molar-refractivity contribution in [3.8, 4) is 17.2 Å². The summed E-state index contributed by atoms with van der Waals surface area (Å²) in [6.07, 6.45) is 1.49. The van der Waals surface area contributed by atoms with Gasteiger partial charge in [0.05, 0.1) is 33.6 Å². The van der Waals surface area contributed by atoms with Gasteiger partial charge in [-0.05, 0) is 53.7 Å². The van der Waals surface area contributed by atoms with E-state index in [1.54, 1.807) is 36.4 Å². The van der Waals surface area contributed by atoms with Gasteiger partial charge in [0.1, 0.15) is 0 Å². The minimum Gasteiger partial charge on any atom is -0.493 e. The number of ether oxygens (including phenoxy) is 2. The van der Waals surface area contributed by atoms with Crippen LogP contribution in [-0.2, 0) is 4.79 Å². The molecule has 1 saturated heterocycles. The van der Waals surface area contributed by atoms with Gasteiger partial charge in [-0.15, -0.1) is 0 Å². The number of nitrogens with zero attached hydrogens (tertiary/aromatic N) is 3. The average molecular weight is 493 g/mol. The topological polar surface area (TPSA) is 142 Å². The van der Waals surface area contributed by atoms with E-state index in [1.807, 2.05) is 0 Å². The monoisotopic (exact) mass is 493 g/mol. The lowest BCUT2D eigenvalue weighted by molar-refractivity contribution is -0.394. The van der Waals surface area contributed by atoms with E-state index in [-0.39, 0.29) is 22.2 Å². The summed E-state index contributed by atoms with van der Waals surface area (Å²) in [5, 5.41) is 22.0. The van der Waals surface area contributed by atoms with Gasteiger partial charge in [-0.2, -0.15) is 0 Å². The molecule has 0 bridgehead atoms. The van der Waals surface area contributed by atoms with Gasteiger partial charge in [-0.25, -0.2) is 4.90 Å². The van der Waals surface area contributed by atoms with Crippen molar-refractivity contribution in [3.05, 3.63) is 97.4 Å². The Labute approximate surface area is 201 Å². The SMILES string of the molecule is COc1ccc(/C=C2\SC(=O)N(c3ccccc3)C2=O)cc1Oc1ccc([N+](=O)[O-])cc1[N+](=O)[O-]. The Kier molecular flexibility index (Phi) is 6.46. The first-order chi connectivity index (χ1) is 16.8. The fourth-order valence-electron chi connectivity index (χ4n) is 3.25. The summed E-state index contributed by atoms with van der Waals surface area (Å²) < 4.78 is 10.9.